The molecule has 1 atom stereocenters. The Balaban J connectivity index is 1.50. The van der Waals surface area contributed by atoms with Crippen molar-refractivity contribution in [1.29, 1.82) is 0 Å². The van der Waals surface area contributed by atoms with E-state index in [-0.39, 0.29) is 5.91 Å². The summed E-state index contributed by atoms with van der Waals surface area (Å²) in [7, 11) is 1.89. The van der Waals surface area contributed by atoms with Crippen molar-refractivity contribution < 1.29 is 4.79 Å². The summed E-state index contributed by atoms with van der Waals surface area (Å²) < 4.78 is 0. The minimum absolute atomic E-state index is 0.184. The predicted octanol–water partition coefficient (Wildman–Crippen LogP) is 6.64. The number of carbonyl (C=O) groups is 1. The van der Waals surface area contributed by atoms with Gasteiger partial charge in [0, 0.05) is 41.3 Å². The first-order valence-electron chi connectivity index (χ1n) is 12.2. The van der Waals surface area contributed by atoms with Gasteiger partial charge in [-0.25, -0.2) is 0 Å². The van der Waals surface area contributed by atoms with Gasteiger partial charge in [-0.3, -0.25) is 9.89 Å². The number of aromatic amines is 2. The van der Waals surface area contributed by atoms with E-state index in [0.717, 1.165) is 47.2 Å². The number of hydrogen-bond donors (Lipinski definition) is 2. The minimum atomic E-state index is 0.184. The summed E-state index contributed by atoms with van der Waals surface area (Å²) in [5.41, 5.74) is 7.01. The van der Waals surface area contributed by atoms with Crippen LogP contribution in [0.4, 0.5) is 5.69 Å². The standard InChI is InChI=1S/C27H38N4O/c1-6-7-8-9-18(2)14-25(32)31(5)20-11-10-19-15-23(28-22(19)16-20)26-21-12-13-27(3,4)17-24(21)29-30-26/h10-11,15-16,18,28H,6-9,12-14,17H2,1-5H3,(H,29,30). The highest BCUT2D eigenvalue weighted by molar-refractivity contribution is 5.96. The second-order valence-corrected chi connectivity index (χ2v) is 10.6. The molecule has 172 valence electrons. The maximum atomic E-state index is 12.8. The van der Waals surface area contributed by atoms with Crippen LogP contribution in [-0.2, 0) is 17.6 Å². The molecule has 1 amide bonds. The van der Waals surface area contributed by atoms with Crippen molar-refractivity contribution in [3.8, 4) is 11.4 Å². The van der Waals surface area contributed by atoms with E-state index in [4.69, 9.17) is 0 Å². The van der Waals surface area contributed by atoms with Crippen LogP contribution in [0.1, 0.15) is 77.5 Å². The molecule has 2 heterocycles. The molecule has 0 fully saturated rings. The topological polar surface area (TPSA) is 64.8 Å². The monoisotopic (exact) mass is 434 g/mol. The Labute approximate surface area is 192 Å². The molecule has 5 heteroatoms. The largest absolute Gasteiger partial charge is 0.353 e. The van der Waals surface area contributed by atoms with E-state index in [2.05, 4.69) is 61.1 Å². The third kappa shape index (κ3) is 4.77. The Morgan fingerprint density at radius 2 is 2.06 bits per heavy atom. The lowest BCUT2D eigenvalue weighted by Crippen LogP contribution is -2.27. The normalized spacial score (nSPS) is 16.2. The van der Waals surface area contributed by atoms with Crippen LogP contribution in [0, 0.1) is 11.3 Å². The van der Waals surface area contributed by atoms with E-state index in [1.807, 2.05) is 13.1 Å². The van der Waals surface area contributed by atoms with Gasteiger partial charge >= 0.3 is 0 Å². The molecule has 1 aliphatic rings. The van der Waals surface area contributed by atoms with E-state index < -0.39 is 0 Å². The lowest BCUT2D eigenvalue weighted by Gasteiger charge is -2.28. The summed E-state index contributed by atoms with van der Waals surface area (Å²) in [6.45, 7) is 9.05. The first-order chi connectivity index (χ1) is 15.3. The van der Waals surface area contributed by atoms with Crippen LogP contribution >= 0.6 is 0 Å². The Morgan fingerprint density at radius 1 is 1.25 bits per heavy atom. The summed E-state index contributed by atoms with van der Waals surface area (Å²) in [4.78, 5) is 18.2. The maximum absolute atomic E-state index is 12.8. The van der Waals surface area contributed by atoms with Crippen molar-refractivity contribution in [3.05, 3.63) is 35.5 Å². The molecule has 4 rings (SSSR count). The van der Waals surface area contributed by atoms with Crippen LogP contribution in [0.2, 0.25) is 0 Å². The van der Waals surface area contributed by atoms with Gasteiger partial charge in [0.2, 0.25) is 5.91 Å². The average molecular weight is 435 g/mol. The first-order valence-corrected chi connectivity index (χ1v) is 12.2. The van der Waals surface area contributed by atoms with E-state index in [1.165, 1.54) is 36.9 Å². The van der Waals surface area contributed by atoms with Gasteiger partial charge in [-0.1, -0.05) is 59.4 Å². The highest BCUT2D eigenvalue weighted by Gasteiger charge is 2.29. The fourth-order valence-electron chi connectivity index (χ4n) is 4.95. The quantitative estimate of drug-likeness (QED) is 0.390. The van der Waals surface area contributed by atoms with Crippen molar-refractivity contribution in [2.24, 2.45) is 11.3 Å². The number of rotatable bonds is 8. The molecule has 0 saturated heterocycles. The van der Waals surface area contributed by atoms with Gasteiger partial charge < -0.3 is 9.88 Å². The molecule has 0 aliphatic heterocycles. The zero-order valence-electron chi connectivity index (χ0n) is 20.3. The molecule has 1 unspecified atom stereocenters. The second-order valence-electron chi connectivity index (χ2n) is 10.6. The number of benzene rings is 1. The van der Waals surface area contributed by atoms with Crippen molar-refractivity contribution in [3.63, 3.8) is 0 Å². The molecule has 1 aromatic carbocycles. The molecule has 3 aromatic rings. The number of fused-ring (bicyclic) bond motifs is 2. The Bertz CT molecular complexity index is 1090. The molecule has 0 bridgehead atoms. The summed E-state index contributed by atoms with van der Waals surface area (Å²) in [6, 6.07) is 8.40. The third-order valence-electron chi connectivity index (χ3n) is 7.11. The van der Waals surface area contributed by atoms with Gasteiger partial charge in [-0.15, -0.1) is 0 Å². The Morgan fingerprint density at radius 3 is 2.84 bits per heavy atom. The number of amides is 1. The van der Waals surface area contributed by atoms with Crippen LogP contribution in [0.5, 0.6) is 0 Å². The number of hydrogen-bond acceptors (Lipinski definition) is 2. The molecular weight excluding hydrogens is 396 g/mol. The Kier molecular flexibility index (Phi) is 6.45. The molecule has 32 heavy (non-hydrogen) atoms. The number of H-pyrrole nitrogens is 2. The van der Waals surface area contributed by atoms with Gasteiger partial charge in [0.1, 0.15) is 5.69 Å². The van der Waals surface area contributed by atoms with E-state index in [9.17, 15) is 4.79 Å². The lowest BCUT2D eigenvalue weighted by molar-refractivity contribution is -0.119. The minimum Gasteiger partial charge on any atom is -0.353 e. The van der Waals surface area contributed by atoms with E-state index in [0.29, 0.717) is 17.8 Å². The second kappa shape index (κ2) is 9.13. The van der Waals surface area contributed by atoms with Gasteiger partial charge in [-0.05, 0) is 48.8 Å². The Hall–Kier alpha value is -2.56. The number of carbonyl (C=O) groups excluding carboxylic acids is 1. The van der Waals surface area contributed by atoms with Crippen LogP contribution in [0.15, 0.2) is 24.3 Å². The van der Waals surface area contributed by atoms with Gasteiger partial charge in [-0.2, -0.15) is 5.10 Å². The predicted molar refractivity (Wildman–Crippen MR) is 133 cm³/mol. The van der Waals surface area contributed by atoms with Crippen molar-refractivity contribution in [2.45, 2.75) is 79.1 Å². The van der Waals surface area contributed by atoms with Crippen LogP contribution in [-0.4, -0.2) is 28.1 Å². The zero-order valence-corrected chi connectivity index (χ0v) is 20.3. The van der Waals surface area contributed by atoms with Crippen LogP contribution in [0.25, 0.3) is 22.3 Å². The average Bonchev–Trinajstić information content (AvgIpc) is 3.35. The summed E-state index contributed by atoms with van der Waals surface area (Å²) in [5, 5.41) is 9.08. The van der Waals surface area contributed by atoms with Crippen molar-refractivity contribution in [2.75, 3.05) is 11.9 Å². The summed E-state index contributed by atoms with van der Waals surface area (Å²) >= 11 is 0. The third-order valence-corrected chi connectivity index (χ3v) is 7.11. The maximum Gasteiger partial charge on any atom is 0.226 e. The first kappa shape index (κ1) is 22.6. The van der Waals surface area contributed by atoms with Crippen LogP contribution in [0.3, 0.4) is 0 Å². The molecule has 5 nitrogen and oxygen atoms in total. The fraction of sp³-hybridized carbons (Fsp3) is 0.556. The zero-order chi connectivity index (χ0) is 22.9. The highest BCUT2D eigenvalue weighted by atomic mass is 16.2. The van der Waals surface area contributed by atoms with E-state index in [1.54, 1.807) is 4.90 Å². The summed E-state index contributed by atoms with van der Waals surface area (Å²) in [5.74, 6) is 0.609. The van der Waals surface area contributed by atoms with E-state index >= 15 is 0 Å². The number of aromatic nitrogens is 3. The van der Waals surface area contributed by atoms with Gasteiger partial charge in [0.15, 0.2) is 0 Å². The van der Waals surface area contributed by atoms with Gasteiger partial charge in [0.05, 0.1) is 5.69 Å². The van der Waals surface area contributed by atoms with Crippen molar-refractivity contribution >= 4 is 22.5 Å². The molecular formula is C27H38N4O. The molecule has 0 saturated carbocycles. The highest BCUT2D eigenvalue weighted by Crippen LogP contribution is 2.38. The fourth-order valence-corrected chi connectivity index (χ4v) is 4.95. The van der Waals surface area contributed by atoms with Gasteiger partial charge in [0.25, 0.3) is 0 Å². The molecule has 1 aliphatic carbocycles. The SMILES string of the molecule is CCCCCC(C)CC(=O)N(C)c1ccc2cc(-c3n[nH]c4c3CCC(C)(C)C4)[nH]c2c1. The summed E-state index contributed by atoms with van der Waals surface area (Å²) in [6.07, 6.45) is 8.68. The molecule has 2 aromatic heterocycles. The lowest BCUT2D eigenvalue weighted by atomic mass is 9.76. The smallest absolute Gasteiger partial charge is 0.226 e. The van der Waals surface area contributed by atoms with Crippen molar-refractivity contribution in [1.82, 2.24) is 15.2 Å². The molecule has 2 N–H and O–H groups in total. The number of nitrogens with one attached hydrogen (secondary N) is 2. The number of anilines is 1. The number of nitrogens with zero attached hydrogens (tertiary/aromatic N) is 2. The van der Waals surface area contributed by atoms with Crippen LogP contribution < -0.4 is 4.90 Å². The molecule has 0 radical (unpaired) electrons. The molecule has 0 spiro atoms. The number of unbranched alkanes of at least 4 members (excludes halogenated alkanes) is 2.